The van der Waals surface area contributed by atoms with Gasteiger partial charge in [0, 0.05) is 6.54 Å². The standard InChI is InChI=1S/C13H17NO3/c1-13(17)7-8-14(12(15)16)11(13)9-10-5-3-2-4-6-10/h2-6,11,17H,7-9H2,1H3,(H,15,16)/t11-,13-/m0/s1. The molecule has 1 aromatic carbocycles. The number of likely N-dealkylation sites (tertiary alicyclic amines) is 1. The monoisotopic (exact) mass is 235 g/mol. The summed E-state index contributed by atoms with van der Waals surface area (Å²) in [5.41, 5.74) is 0.111. The van der Waals surface area contributed by atoms with Crippen LogP contribution >= 0.6 is 0 Å². The smallest absolute Gasteiger partial charge is 0.407 e. The summed E-state index contributed by atoms with van der Waals surface area (Å²) in [6.07, 6.45) is 0.0976. The summed E-state index contributed by atoms with van der Waals surface area (Å²) in [5, 5.41) is 19.3. The van der Waals surface area contributed by atoms with E-state index >= 15 is 0 Å². The molecule has 1 aliphatic heterocycles. The Morgan fingerprint density at radius 2 is 2.12 bits per heavy atom. The lowest BCUT2D eigenvalue weighted by molar-refractivity contribution is 0.0220. The van der Waals surface area contributed by atoms with Gasteiger partial charge >= 0.3 is 6.09 Å². The summed E-state index contributed by atoms with van der Waals surface area (Å²) < 4.78 is 0. The highest BCUT2D eigenvalue weighted by Crippen LogP contribution is 2.30. The Morgan fingerprint density at radius 3 is 2.71 bits per heavy atom. The molecule has 0 radical (unpaired) electrons. The molecule has 92 valence electrons. The lowest BCUT2D eigenvalue weighted by atomic mass is 9.91. The van der Waals surface area contributed by atoms with Crippen LogP contribution < -0.4 is 0 Å². The molecule has 1 aromatic rings. The van der Waals surface area contributed by atoms with Gasteiger partial charge in [-0.25, -0.2) is 4.79 Å². The van der Waals surface area contributed by atoms with E-state index in [0.29, 0.717) is 19.4 Å². The van der Waals surface area contributed by atoms with Gasteiger partial charge in [0.2, 0.25) is 0 Å². The van der Waals surface area contributed by atoms with Gasteiger partial charge in [0.25, 0.3) is 0 Å². The van der Waals surface area contributed by atoms with Crippen molar-refractivity contribution in [3.05, 3.63) is 35.9 Å². The maximum absolute atomic E-state index is 11.1. The molecule has 4 nitrogen and oxygen atoms in total. The Bertz CT molecular complexity index is 402. The van der Waals surface area contributed by atoms with Crippen molar-refractivity contribution in [2.24, 2.45) is 0 Å². The molecule has 1 fully saturated rings. The lowest BCUT2D eigenvalue weighted by Crippen LogP contribution is -2.46. The van der Waals surface area contributed by atoms with Crippen molar-refractivity contribution in [3.63, 3.8) is 0 Å². The van der Waals surface area contributed by atoms with Crippen LogP contribution in [-0.4, -0.2) is 39.4 Å². The molecule has 2 atom stereocenters. The van der Waals surface area contributed by atoms with Crippen LogP contribution in [-0.2, 0) is 6.42 Å². The SMILES string of the molecule is C[C@]1(O)CCN(C(=O)O)[C@H]1Cc1ccccc1. The molecule has 2 N–H and O–H groups in total. The second-order valence-corrected chi connectivity index (χ2v) is 4.79. The number of amides is 1. The third-order valence-electron chi connectivity index (χ3n) is 3.47. The first-order valence-corrected chi connectivity index (χ1v) is 5.76. The quantitative estimate of drug-likeness (QED) is 0.820. The van der Waals surface area contributed by atoms with Crippen LogP contribution in [0.1, 0.15) is 18.9 Å². The fourth-order valence-corrected chi connectivity index (χ4v) is 2.40. The van der Waals surface area contributed by atoms with Crippen molar-refractivity contribution < 1.29 is 15.0 Å². The number of benzene rings is 1. The van der Waals surface area contributed by atoms with Crippen LogP contribution in [0.3, 0.4) is 0 Å². The summed E-state index contributed by atoms with van der Waals surface area (Å²) in [5.74, 6) is 0. The average molecular weight is 235 g/mol. The Labute approximate surface area is 100 Å². The minimum atomic E-state index is -0.955. The minimum Gasteiger partial charge on any atom is -0.465 e. The van der Waals surface area contributed by atoms with Crippen molar-refractivity contribution in [1.29, 1.82) is 0 Å². The van der Waals surface area contributed by atoms with Crippen molar-refractivity contribution in [2.45, 2.75) is 31.4 Å². The molecule has 17 heavy (non-hydrogen) atoms. The molecule has 1 heterocycles. The Balaban J connectivity index is 2.19. The molecular formula is C13H17NO3. The molecule has 4 heteroatoms. The molecular weight excluding hydrogens is 218 g/mol. The third-order valence-corrected chi connectivity index (χ3v) is 3.47. The third kappa shape index (κ3) is 2.42. The Morgan fingerprint density at radius 1 is 1.47 bits per heavy atom. The largest absolute Gasteiger partial charge is 0.465 e. The summed E-state index contributed by atoms with van der Waals surface area (Å²) in [6.45, 7) is 2.11. The number of carboxylic acid groups (broad SMARTS) is 1. The number of aliphatic hydroxyl groups is 1. The first kappa shape index (κ1) is 11.9. The summed E-state index contributed by atoms with van der Waals surface area (Å²) >= 11 is 0. The molecule has 1 aliphatic rings. The van der Waals surface area contributed by atoms with E-state index in [4.69, 9.17) is 5.11 Å². The first-order valence-electron chi connectivity index (χ1n) is 5.76. The number of carbonyl (C=O) groups is 1. The molecule has 0 aromatic heterocycles. The van der Waals surface area contributed by atoms with E-state index in [-0.39, 0.29) is 6.04 Å². The van der Waals surface area contributed by atoms with Crippen LogP contribution in [0.15, 0.2) is 30.3 Å². The van der Waals surface area contributed by atoms with Gasteiger partial charge in [-0.05, 0) is 25.3 Å². The molecule has 1 saturated heterocycles. The fraction of sp³-hybridized carbons (Fsp3) is 0.462. The van der Waals surface area contributed by atoms with Gasteiger partial charge in [-0.1, -0.05) is 30.3 Å². The van der Waals surface area contributed by atoms with Crippen molar-refractivity contribution >= 4 is 6.09 Å². The zero-order valence-corrected chi connectivity index (χ0v) is 9.84. The van der Waals surface area contributed by atoms with Crippen molar-refractivity contribution in [3.8, 4) is 0 Å². The van der Waals surface area contributed by atoms with E-state index in [1.807, 2.05) is 30.3 Å². The molecule has 0 unspecified atom stereocenters. The Hall–Kier alpha value is -1.55. The second kappa shape index (κ2) is 4.37. The molecule has 0 aliphatic carbocycles. The van der Waals surface area contributed by atoms with Gasteiger partial charge in [0.15, 0.2) is 0 Å². The van der Waals surface area contributed by atoms with E-state index in [0.717, 1.165) is 5.56 Å². The highest BCUT2D eigenvalue weighted by molar-refractivity contribution is 5.66. The zero-order valence-electron chi connectivity index (χ0n) is 9.84. The highest BCUT2D eigenvalue weighted by Gasteiger charge is 2.44. The van der Waals surface area contributed by atoms with Gasteiger partial charge in [-0.15, -0.1) is 0 Å². The molecule has 0 spiro atoms. The van der Waals surface area contributed by atoms with Gasteiger partial charge in [-0.3, -0.25) is 0 Å². The van der Waals surface area contributed by atoms with Crippen LogP contribution in [0.5, 0.6) is 0 Å². The number of hydrogen-bond donors (Lipinski definition) is 2. The van der Waals surface area contributed by atoms with E-state index in [1.54, 1.807) is 6.92 Å². The van der Waals surface area contributed by atoms with E-state index in [9.17, 15) is 9.90 Å². The molecule has 1 amide bonds. The lowest BCUT2D eigenvalue weighted by Gasteiger charge is -2.30. The second-order valence-electron chi connectivity index (χ2n) is 4.79. The maximum atomic E-state index is 11.1. The van der Waals surface area contributed by atoms with E-state index in [1.165, 1.54) is 4.90 Å². The predicted molar refractivity (Wildman–Crippen MR) is 63.9 cm³/mol. The number of hydrogen-bond acceptors (Lipinski definition) is 2. The Kier molecular flexibility index (Phi) is 3.07. The van der Waals surface area contributed by atoms with Crippen LogP contribution in [0.25, 0.3) is 0 Å². The summed E-state index contributed by atoms with van der Waals surface area (Å²) in [7, 11) is 0. The zero-order chi connectivity index (χ0) is 12.5. The molecule has 0 bridgehead atoms. The van der Waals surface area contributed by atoms with Crippen molar-refractivity contribution in [1.82, 2.24) is 4.90 Å². The topological polar surface area (TPSA) is 60.8 Å². The summed E-state index contributed by atoms with van der Waals surface area (Å²) in [4.78, 5) is 12.4. The average Bonchev–Trinajstić information content (AvgIpc) is 2.56. The van der Waals surface area contributed by atoms with Crippen LogP contribution in [0.4, 0.5) is 4.79 Å². The van der Waals surface area contributed by atoms with Crippen LogP contribution in [0, 0.1) is 0 Å². The molecule has 0 saturated carbocycles. The summed E-state index contributed by atoms with van der Waals surface area (Å²) in [6, 6.07) is 9.31. The number of rotatable bonds is 2. The number of nitrogens with zero attached hydrogens (tertiary/aromatic N) is 1. The first-order chi connectivity index (χ1) is 8.00. The van der Waals surface area contributed by atoms with Gasteiger partial charge in [-0.2, -0.15) is 0 Å². The van der Waals surface area contributed by atoms with Crippen molar-refractivity contribution in [2.75, 3.05) is 6.54 Å². The van der Waals surface area contributed by atoms with Gasteiger partial charge in [0.05, 0.1) is 11.6 Å². The van der Waals surface area contributed by atoms with E-state index in [2.05, 4.69) is 0 Å². The maximum Gasteiger partial charge on any atom is 0.407 e. The highest BCUT2D eigenvalue weighted by atomic mass is 16.4. The fourth-order valence-electron chi connectivity index (χ4n) is 2.40. The van der Waals surface area contributed by atoms with Gasteiger partial charge < -0.3 is 15.1 Å². The van der Waals surface area contributed by atoms with E-state index < -0.39 is 11.7 Å². The molecule has 2 rings (SSSR count). The normalized spacial score (nSPS) is 28.4. The minimum absolute atomic E-state index is 0.359. The van der Waals surface area contributed by atoms with Gasteiger partial charge in [0.1, 0.15) is 0 Å². The predicted octanol–water partition coefficient (Wildman–Crippen LogP) is 1.73. The van der Waals surface area contributed by atoms with Crippen LogP contribution in [0.2, 0.25) is 0 Å².